The molecule has 5 nitrogen and oxygen atoms in total. The van der Waals surface area contributed by atoms with E-state index in [0.29, 0.717) is 15.3 Å². The Kier molecular flexibility index (Phi) is 6.66. The van der Waals surface area contributed by atoms with Gasteiger partial charge < -0.3 is 10.2 Å². The van der Waals surface area contributed by atoms with Gasteiger partial charge in [0.05, 0.1) is 17.8 Å². The predicted molar refractivity (Wildman–Crippen MR) is 109 cm³/mol. The number of benzene rings is 2. The van der Waals surface area contributed by atoms with Gasteiger partial charge in [-0.1, -0.05) is 41.9 Å². The highest BCUT2D eigenvalue weighted by molar-refractivity contribution is 6.31. The number of carbonyl (C=O) groups excluding carboxylic acids is 1. The molecule has 0 spiro atoms. The third-order valence-corrected chi connectivity index (χ3v) is 5.05. The Morgan fingerprint density at radius 3 is 2.42 bits per heavy atom. The number of alkyl halides is 3. The molecule has 0 aliphatic heterocycles. The second-order valence-electron chi connectivity index (χ2n) is 6.98. The van der Waals surface area contributed by atoms with E-state index in [2.05, 4.69) is 10.4 Å². The van der Waals surface area contributed by atoms with Gasteiger partial charge in [-0.25, -0.2) is 9.07 Å². The number of likely N-dealkylation sites (N-methyl/N-ethyl adjacent to an activating group) is 1. The molecule has 1 aromatic heterocycles. The molecule has 2 aromatic carbocycles. The molecule has 31 heavy (non-hydrogen) atoms. The molecular weight excluding hydrogens is 436 g/mol. The SMILES string of the molecule is CN(C)C(CNC(=O)c1cnn(-c2ccccc2F)c1C(F)(F)F)c1ccccc1Cl. The lowest BCUT2D eigenvalue weighted by molar-refractivity contribution is -0.143. The molecule has 1 N–H and O–H groups in total. The number of nitrogens with zero attached hydrogens (tertiary/aromatic N) is 3. The van der Waals surface area contributed by atoms with Crippen molar-refractivity contribution in [2.24, 2.45) is 0 Å². The van der Waals surface area contributed by atoms with Crippen molar-refractivity contribution in [3.05, 3.63) is 82.4 Å². The molecule has 1 atom stereocenters. The van der Waals surface area contributed by atoms with E-state index in [1.54, 1.807) is 43.3 Å². The van der Waals surface area contributed by atoms with Crippen LogP contribution in [0.2, 0.25) is 5.02 Å². The third-order valence-electron chi connectivity index (χ3n) is 4.71. The zero-order valence-corrected chi connectivity index (χ0v) is 17.4. The van der Waals surface area contributed by atoms with E-state index in [4.69, 9.17) is 11.6 Å². The van der Waals surface area contributed by atoms with Gasteiger partial charge in [0, 0.05) is 11.6 Å². The largest absolute Gasteiger partial charge is 0.434 e. The summed E-state index contributed by atoms with van der Waals surface area (Å²) in [6.45, 7) is -0.00224. The van der Waals surface area contributed by atoms with E-state index < -0.39 is 34.8 Å². The first kappa shape index (κ1) is 22.8. The smallest absolute Gasteiger partial charge is 0.350 e. The predicted octanol–water partition coefficient (Wildman–Crippen LogP) is 4.72. The summed E-state index contributed by atoms with van der Waals surface area (Å²) in [6, 6.07) is 11.5. The zero-order chi connectivity index (χ0) is 22.8. The van der Waals surface area contributed by atoms with Crippen molar-refractivity contribution < 1.29 is 22.4 Å². The number of hydrogen-bond donors (Lipinski definition) is 1. The van der Waals surface area contributed by atoms with Gasteiger partial charge >= 0.3 is 6.18 Å². The highest BCUT2D eigenvalue weighted by Gasteiger charge is 2.41. The van der Waals surface area contributed by atoms with Crippen LogP contribution in [0.1, 0.15) is 27.7 Å². The van der Waals surface area contributed by atoms with Gasteiger partial charge in [0.1, 0.15) is 11.5 Å². The number of para-hydroxylation sites is 1. The molecule has 1 heterocycles. The molecule has 0 saturated heterocycles. The van der Waals surface area contributed by atoms with E-state index in [9.17, 15) is 22.4 Å². The lowest BCUT2D eigenvalue weighted by atomic mass is 10.1. The van der Waals surface area contributed by atoms with Crippen LogP contribution in [0.5, 0.6) is 0 Å². The summed E-state index contributed by atoms with van der Waals surface area (Å²) in [4.78, 5) is 14.5. The van der Waals surface area contributed by atoms with Crippen molar-refractivity contribution in [3.8, 4) is 5.69 Å². The summed E-state index contributed by atoms with van der Waals surface area (Å²) >= 11 is 6.23. The van der Waals surface area contributed by atoms with Crippen molar-refractivity contribution >= 4 is 17.5 Å². The van der Waals surface area contributed by atoms with Crippen LogP contribution < -0.4 is 5.32 Å². The molecule has 0 aliphatic carbocycles. The molecule has 0 saturated carbocycles. The summed E-state index contributed by atoms with van der Waals surface area (Å²) in [5.74, 6) is -1.87. The maximum absolute atomic E-state index is 14.1. The fourth-order valence-electron chi connectivity index (χ4n) is 3.19. The quantitative estimate of drug-likeness (QED) is 0.548. The van der Waals surface area contributed by atoms with Gasteiger partial charge in [0.25, 0.3) is 5.91 Å². The van der Waals surface area contributed by atoms with E-state index in [1.807, 2.05) is 0 Å². The highest BCUT2D eigenvalue weighted by atomic mass is 35.5. The van der Waals surface area contributed by atoms with E-state index >= 15 is 0 Å². The highest BCUT2D eigenvalue weighted by Crippen LogP contribution is 2.34. The normalized spacial score (nSPS) is 12.8. The molecule has 164 valence electrons. The second kappa shape index (κ2) is 9.07. The summed E-state index contributed by atoms with van der Waals surface area (Å²) in [6.07, 6.45) is -4.15. The average molecular weight is 455 g/mol. The van der Waals surface area contributed by atoms with Crippen LogP contribution in [-0.4, -0.2) is 41.2 Å². The van der Waals surface area contributed by atoms with Crippen molar-refractivity contribution in [2.75, 3.05) is 20.6 Å². The van der Waals surface area contributed by atoms with Crippen LogP contribution in [0.25, 0.3) is 5.69 Å². The Balaban J connectivity index is 1.92. The monoisotopic (exact) mass is 454 g/mol. The molecule has 0 aliphatic rings. The van der Waals surface area contributed by atoms with Gasteiger partial charge in [-0.2, -0.15) is 18.3 Å². The van der Waals surface area contributed by atoms with Gasteiger partial charge in [-0.3, -0.25) is 4.79 Å². The van der Waals surface area contributed by atoms with Gasteiger partial charge in [-0.15, -0.1) is 0 Å². The average Bonchev–Trinajstić information content (AvgIpc) is 3.15. The molecule has 1 unspecified atom stereocenters. The van der Waals surface area contributed by atoms with Gasteiger partial charge in [0.15, 0.2) is 5.69 Å². The number of aromatic nitrogens is 2. The van der Waals surface area contributed by atoms with Crippen molar-refractivity contribution in [1.29, 1.82) is 0 Å². The topological polar surface area (TPSA) is 50.2 Å². The van der Waals surface area contributed by atoms with E-state index in [0.717, 1.165) is 18.3 Å². The number of nitrogens with one attached hydrogen (secondary N) is 1. The Morgan fingerprint density at radius 1 is 1.16 bits per heavy atom. The third kappa shape index (κ3) is 4.88. The molecule has 10 heteroatoms. The summed E-state index contributed by atoms with van der Waals surface area (Å²) < 4.78 is 55.8. The molecule has 0 bridgehead atoms. The van der Waals surface area contributed by atoms with Crippen molar-refractivity contribution in [2.45, 2.75) is 12.2 Å². The molecule has 1 amide bonds. The van der Waals surface area contributed by atoms with Crippen LogP contribution in [0.3, 0.4) is 0 Å². The Bertz CT molecular complexity index is 1080. The first-order valence-electron chi connectivity index (χ1n) is 9.20. The summed E-state index contributed by atoms with van der Waals surface area (Å²) in [5.41, 5.74) is -1.75. The molecular formula is C21H19ClF4N4O. The second-order valence-corrected chi connectivity index (χ2v) is 7.39. The number of hydrogen-bond acceptors (Lipinski definition) is 3. The summed E-state index contributed by atoms with van der Waals surface area (Å²) in [5, 5.41) is 6.62. The molecule has 0 radical (unpaired) electrons. The minimum atomic E-state index is -4.94. The summed E-state index contributed by atoms with van der Waals surface area (Å²) in [7, 11) is 3.52. The van der Waals surface area contributed by atoms with Crippen molar-refractivity contribution in [1.82, 2.24) is 20.0 Å². The molecule has 0 fully saturated rings. The van der Waals surface area contributed by atoms with E-state index in [1.165, 1.54) is 12.1 Å². The molecule has 3 aromatic rings. The lowest BCUT2D eigenvalue weighted by Crippen LogP contribution is -2.35. The molecule has 3 rings (SSSR count). The lowest BCUT2D eigenvalue weighted by Gasteiger charge is -2.26. The van der Waals surface area contributed by atoms with E-state index in [-0.39, 0.29) is 12.6 Å². The van der Waals surface area contributed by atoms with Crippen LogP contribution in [0.15, 0.2) is 54.7 Å². The maximum Gasteiger partial charge on any atom is 0.434 e. The standard InChI is InChI=1S/C21H19ClF4N4O/c1-29(2)18(13-7-3-4-8-15(13)22)12-27-20(31)14-11-28-30(19(14)21(24,25)26)17-10-6-5-9-16(17)23/h3-11,18H,12H2,1-2H3,(H,27,31). The van der Waals surface area contributed by atoms with Gasteiger partial charge in [0.2, 0.25) is 0 Å². The fourth-order valence-corrected chi connectivity index (χ4v) is 3.46. The maximum atomic E-state index is 14.1. The Hall–Kier alpha value is -2.91. The zero-order valence-electron chi connectivity index (χ0n) is 16.6. The Morgan fingerprint density at radius 2 is 1.81 bits per heavy atom. The number of carbonyl (C=O) groups is 1. The number of amides is 1. The Labute approximate surface area is 181 Å². The van der Waals surface area contributed by atoms with Crippen molar-refractivity contribution in [3.63, 3.8) is 0 Å². The number of rotatable bonds is 6. The minimum absolute atomic E-state index is 0.00224. The van der Waals surface area contributed by atoms with Crippen LogP contribution in [0.4, 0.5) is 17.6 Å². The van der Waals surface area contributed by atoms with Crippen LogP contribution in [-0.2, 0) is 6.18 Å². The van der Waals surface area contributed by atoms with Gasteiger partial charge in [-0.05, 0) is 37.9 Å². The first-order valence-corrected chi connectivity index (χ1v) is 9.58. The van der Waals surface area contributed by atoms with Crippen LogP contribution >= 0.6 is 11.6 Å². The fraction of sp³-hybridized carbons (Fsp3) is 0.238. The minimum Gasteiger partial charge on any atom is -0.350 e. The number of halogens is 5. The van der Waals surface area contributed by atoms with Crippen LogP contribution in [0, 0.1) is 5.82 Å². The first-order chi connectivity index (χ1) is 14.6.